The predicted octanol–water partition coefficient (Wildman–Crippen LogP) is 2.66. The Morgan fingerprint density at radius 3 is 2.04 bits per heavy atom. The normalized spacial score (nSPS) is 13.0. The molecule has 8 nitrogen and oxygen atoms in total. The first-order valence-electron chi connectivity index (χ1n) is 9.12. The summed E-state index contributed by atoms with van der Waals surface area (Å²) in [4.78, 5) is 38.8. The maximum atomic E-state index is 13.0. The molecular formula is C20H30N2O6. The van der Waals surface area contributed by atoms with Gasteiger partial charge in [-0.3, -0.25) is 9.59 Å². The van der Waals surface area contributed by atoms with Crippen molar-refractivity contribution in [2.45, 2.75) is 52.3 Å². The second-order valence-corrected chi connectivity index (χ2v) is 6.98. The van der Waals surface area contributed by atoms with Crippen molar-refractivity contribution < 1.29 is 28.6 Å². The highest BCUT2D eigenvalue weighted by Crippen LogP contribution is 2.29. The van der Waals surface area contributed by atoms with Gasteiger partial charge in [0.15, 0.2) is 0 Å². The molecule has 156 valence electrons. The lowest BCUT2D eigenvalue weighted by Gasteiger charge is -2.32. The molecule has 8 heteroatoms. The summed E-state index contributed by atoms with van der Waals surface area (Å²) < 4.78 is 15.2. The molecule has 2 atom stereocenters. The van der Waals surface area contributed by atoms with Crippen LogP contribution in [0.1, 0.15) is 45.7 Å². The fourth-order valence-corrected chi connectivity index (χ4v) is 2.50. The molecule has 0 aliphatic heterocycles. The molecule has 0 aromatic heterocycles. The summed E-state index contributed by atoms with van der Waals surface area (Å²) in [5.41, 5.74) is 6.57. The zero-order valence-corrected chi connectivity index (χ0v) is 17.3. The fraction of sp³-hybridized carbons (Fsp3) is 0.550. The molecule has 1 aromatic carbocycles. The lowest BCUT2D eigenvalue weighted by molar-refractivity contribution is -0.143. The van der Waals surface area contributed by atoms with Crippen molar-refractivity contribution in [3.8, 4) is 5.75 Å². The highest BCUT2D eigenvalue weighted by Gasteiger charge is 2.37. The van der Waals surface area contributed by atoms with E-state index in [1.807, 2.05) is 0 Å². The van der Waals surface area contributed by atoms with E-state index in [0.717, 1.165) is 4.90 Å². The maximum absolute atomic E-state index is 13.0. The van der Waals surface area contributed by atoms with Gasteiger partial charge < -0.3 is 19.9 Å². The van der Waals surface area contributed by atoms with Gasteiger partial charge in [-0.15, -0.1) is 0 Å². The minimum Gasteiger partial charge on any atom is -0.497 e. The maximum Gasteiger partial charge on any atom is 0.417 e. The number of methoxy groups -OCH3 is 2. The van der Waals surface area contributed by atoms with E-state index < -0.39 is 36.2 Å². The summed E-state index contributed by atoms with van der Waals surface area (Å²) in [5, 5.41) is 0. The summed E-state index contributed by atoms with van der Waals surface area (Å²) in [6.45, 7) is 6.89. The number of hydrogen-bond acceptors (Lipinski definition) is 7. The fourth-order valence-electron chi connectivity index (χ4n) is 2.50. The molecule has 0 spiro atoms. The van der Waals surface area contributed by atoms with E-state index in [-0.39, 0.29) is 12.3 Å². The second kappa shape index (κ2) is 10.7. The number of nitrogens with zero attached hydrogens (tertiary/aromatic N) is 1. The number of amides is 2. The van der Waals surface area contributed by atoms with Crippen LogP contribution in [0.5, 0.6) is 5.75 Å². The molecule has 0 radical (unpaired) electrons. The van der Waals surface area contributed by atoms with Crippen LogP contribution in [0, 0.1) is 5.92 Å². The summed E-state index contributed by atoms with van der Waals surface area (Å²) in [6.07, 6.45) is -1.54. The smallest absolute Gasteiger partial charge is 0.417 e. The second-order valence-electron chi connectivity index (χ2n) is 6.98. The number of benzene rings is 1. The van der Waals surface area contributed by atoms with Crippen LogP contribution in [0.4, 0.5) is 4.79 Å². The Hall–Kier alpha value is -2.61. The van der Waals surface area contributed by atoms with Gasteiger partial charge in [-0.1, -0.05) is 26.0 Å². The number of imide groups is 1. The zero-order valence-electron chi connectivity index (χ0n) is 17.3. The number of ether oxygens (including phenoxy) is 3. The van der Waals surface area contributed by atoms with E-state index in [2.05, 4.69) is 0 Å². The van der Waals surface area contributed by atoms with Crippen LogP contribution in [0.3, 0.4) is 0 Å². The van der Waals surface area contributed by atoms with Crippen LogP contribution < -0.4 is 10.5 Å². The molecule has 0 aliphatic carbocycles. The monoisotopic (exact) mass is 394 g/mol. The molecule has 2 N–H and O–H groups in total. The van der Waals surface area contributed by atoms with Crippen LogP contribution in [0.25, 0.3) is 0 Å². The SMILES string of the molecule is COC(=O)C[C@@H](c1ccc(OC)cc1)N(C(=O)OC(C)C)C(=O)[C@@H](N)C(C)C. The first kappa shape index (κ1) is 23.4. The lowest BCUT2D eigenvalue weighted by atomic mass is 9.98. The summed E-state index contributed by atoms with van der Waals surface area (Å²) in [7, 11) is 2.77. The molecule has 0 fully saturated rings. The van der Waals surface area contributed by atoms with Gasteiger partial charge >= 0.3 is 12.1 Å². The molecule has 0 saturated carbocycles. The Balaban J connectivity index is 3.43. The number of nitrogens with two attached hydrogens (primary N) is 1. The number of esters is 1. The van der Waals surface area contributed by atoms with Crippen LogP contribution in [0.15, 0.2) is 24.3 Å². The first-order chi connectivity index (χ1) is 13.1. The van der Waals surface area contributed by atoms with Crippen molar-refractivity contribution in [1.29, 1.82) is 0 Å². The Labute approximate surface area is 165 Å². The predicted molar refractivity (Wildman–Crippen MR) is 104 cm³/mol. The summed E-state index contributed by atoms with van der Waals surface area (Å²) >= 11 is 0. The highest BCUT2D eigenvalue weighted by molar-refractivity contribution is 5.96. The summed E-state index contributed by atoms with van der Waals surface area (Å²) in [5.74, 6) is -0.807. The van der Waals surface area contributed by atoms with Crippen LogP contribution in [0.2, 0.25) is 0 Å². The van der Waals surface area contributed by atoms with E-state index in [1.54, 1.807) is 52.0 Å². The quantitative estimate of drug-likeness (QED) is 0.675. The zero-order chi connectivity index (χ0) is 21.4. The van der Waals surface area contributed by atoms with Gasteiger partial charge in [0, 0.05) is 0 Å². The van der Waals surface area contributed by atoms with Crippen LogP contribution in [-0.2, 0) is 19.1 Å². The molecule has 0 unspecified atom stereocenters. The topological polar surface area (TPSA) is 108 Å². The molecular weight excluding hydrogens is 364 g/mol. The average Bonchev–Trinajstić information content (AvgIpc) is 2.65. The van der Waals surface area contributed by atoms with Crippen LogP contribution >= 0.6 is 0 Å². The summed E-state index contributed by atoms with van der Waals surface area (Å²) in [6, 6.07) is 4.85. The van der Waals surface area contributed by atoms with Gasteiger partial charge in [0.1, 0.15) is 5.75 Å². The Morgan fingerprint density at radius 2 is 1.61 bits per heavy atom. The van der Waals surface area contributed by atoms with E-state index in [1.165, 1.54) is 14.2 Å². The third-order valence-electron chi connectivity index (χ3n) is 4.17. The third-order valence-corrected chi connectivity index (χ3v) is 4.17. The van der Waals surface area contributed by atoms with E-state index in [0.29, 0.717) is 11.3 Å². The van der Waals surface area contributed by atoms with Crippen molar-refractivity contribution in [1.82, 2.24) is 4.90 Å². The molecule has 0 heterocycles. The van der Waals surface area contributed by atoms with E-state index in [9.17, 15) is 14.4 Å². The minimum absolute atomic E-state index is 0.212. The highest BCUT2D eigenvalue weighted by atomic mass is 16.6. The molecule has 2 amide bonds. The lowest BCUT2D eigenvalue weighted by Crippen LogP contribution is -2.51. The molecule has 0 aliphatic rings. The molecule has 28 heavy (non-hydrogen) atoms. The van der Waals surface area contributed by atoms with Gasteiger partial charge in [-0.05, 0) is 37.5 Å². The minimum atomic E-state index is -0.932. The van der Waals surface area contributed by atoms with Crippen molar-refractivity contribution in [3.05, 3.63) is 29.8 Å². The standard InChI is InChI=1S/C20H30N2O6/c1-12(2)18(21)19(24)22(20(25)28-13(3)4)16(11-17(23)27-6)14-7-9-15(26-5)10-8-14/h7-10,12-13,16,18H,11,21H2,1-6H3/t16-,18-/m0/s1. The van der Waals surface area contributed by atoms with Gasteiger partial charge in [-0.2, -0.15) is 0 Å². The molecule has 0 saturated heterocycles. The van der Waals surface area contributed by atoms with Gasteiger partial charge in [0.05, 0.1) is 38.8 Å². The van der Waals surface area contributed by atoms with Gasteiger partial charge in [-0.25, -0.2) is 9.69 Å². The van der Waals surface area contributed by atoms with Gasteiger partial charge in [0.25, 0.3) is 0 Å². The van der Waals surface area contributed by atoms with E-state index >= 15 is 0 Å². The molecule has 1 aromatic rings. The third kappa shape index (κ3) is 6.23. The van der Waals surface area contributed by atoms with Crippen molar-refractivity contribution in [2.75, 3.05) is 14.2 Å². The molecule has 1 rings (SSSR count). The largest absolute Gasteiger partial charge is 0.497 e. The Bertz CT molecular complexity index is 672. The first-order valence-corrected chi connectivity index (χ1v) is 9.12. The van der Waals surface area contributed by atoms with Crippen molar-refractivity contribution in [3.63, 3.8) is 0 Å². The molecule has 0 bridgehead atoms. The van der Waals surface area contributed by atoms with Crippen molar-refractivity contribution in [2.24, 2.45) is 11.7 Å². The number of carbonyl (C=O) groups is 3. The number of hydrogen-bond donors (Lipinski definition) is 1. The number of carbonyl (C=O) groups excluding carboxylic acids is 3. The van der Waals surface area contributed by atoms with E-state index in [4.69, 9.17) is 19.9 Å². The van der Waals surface area contributed by atoms with Crippen molar-refractivity contribution >= 4 is 18.0 Å². The Morgan fingerprint density at radius 1 is 1.04 bits per heavy atom. The van der Waals surface area contributed by atoms with Gasteiger partial charge in [0.2, 0.25) is 5.91 Å². The Kier molecular flexibility index (Phi) is 8.91. The average molecular weight is 394 g/mol. The number of rotatable bonds is 8. The van der Waals surface area contributed by atoms with Crippen LogP contribution in [-0.4, -0.2) is 49.2 Å².